The molecule has 4 nitrogen and oxygen atoms in total. The quantitative estimate of drug-likeness (QED) is 0.905. The van der Waals surface area contributed by atoms with Gasteiger partial charge in [-0.3, -0.25) is 0 Å². The molecule has 0 radical (unpaired) electrons. The lowest BCUT2D eigenvalue weighted by Gasteiger charge is -2.11. The second-order valence-electron chi connectivity index (χ2n) is 4.58. The first kappa shape index (κ1) is 14.8. The lowest BCUT2D eigenvalue weighted by Crippen LogP contribution is -2.28. The summed E-state index contributed by atoms with van der Waals surface area (Å²) in [5.41, 5.74) is 1.82. The Morgan fingerprint density at radius 1 is 1.24 bits per heavy atom. The highest BCUT2D eigenvalue weighted by molar-refractivity contribution is 5.89. The van der Waals surface area contributed by atoms with E-state index in [2.05, 4.69) is 10.6 Å². The standard InChI is InChI=1S/C16H17FN2O2/c1-11-7-8-13(9-14(11)17)19-16(20)18-10-12-5-3-4-6-15(12)21-2/h3-9H,10H2,1-2H3,(H2,18,19,20). The van der Waals surface area contributed by atoms with Crippen molar-refractivity contribution in [2.24, 2.45) is 0 Å². The SMILES string of the molecule is COc1ccccc1CNC(=O)Nc1ccc(C)c(F)c1. The number of ether oxygens (including phenoxy) is 1. The summed E-state index contributed by atoms with van der Waals surface area (Å²) in [7, 11) is 1.58. The molecule has 0 spiro atoms. The summed E-state index contributed by atoms with van der Waals surface area (Å²) in [6.45, 7) is 1.99. The van der Waals surface area contributed by atoms with E-state index in [1.165, 1.54) is 6.07 Å². The fourth-order valence-electron chi connectivity index (χ4n) is 1.87. The van der Waals surface area contributed by atoms with Crippen molar-refractivity contribution >= 4 is 11.7 Å². The van der Waals surface area contributed by atoms with E-state index >= 15 is 0 Å². The van der Waals surface area contributed by atoms with E-state index in [9.17, 15) is 9.18 Å². The molecule has 2 N–H and O–H groups in total. The summed E-state index contributed by atoms with van der Waals surface area (Å²) in [4.78, 5) is 11.8. The van der Waals surface area contributed by atoms with E-state index in [1.54, 1.807) is 26.2 Å². The summed E-state index contributed by atoms with van der Waals surface area (Å²) in [5, 5.41) is 5.29. The molecule has 0 unspecified atom stereocenters. The van der Waals surface area contributed by atoms with Gasteiger partial charge >= 0.3 is 6.03 Å². The summed E-state index contributed by atoms with van der Waals surface area (Å²) in [6, 6.07) is 11.6. The Balaban J connectivity index is 1.94. The van der Waals surface area contributed by atoms with Gasteiger partial charge in [0.25, 0.3) is 0 Å². The van der Waals surface area contributed by atoms with E-state index in [0.717, 1.165) is 5.56 Å². The number of methoxy groups -OCH3 is 1. The van der Waals surface area contributed by atoms with Crippen LogP contribution in [0.3, 0.4) is 0 Å². The van der Waals surface area contributed by atoms with Gasteiger partial charge in [-0.15, -0.1) is 0 Å². The Bertz CT molecular complexity index is 644. The fraction of sp³-hybridized carbons (Fsp3) is 0.188. The molecule has 2 amide bonds. The Labute approximate surface area is 122 Å². The van der Waals surface area contributed by atoms with Crippen molar-refractivity contribution < 1.29 is 13.9 Å². The molecular formula is C16H17FN2O2. The van der Waals surface area contributed by atoms with Crippen molar-refractivity contribution in [1.82, 2.24) is 5.32 Å². The minimum Gasteiger partial charge on any atom is -0.496 e. The normalized spacial score (nSPS) is 10.0. The summed E-state index contributed by atoms with van der Waals surface area (Å²) in [5.74, 6) is 0.358. The van der Waals surface area contributed by atoms with Crippen LogP contribution < -0.4 is 15.4 Å². The van der Waals surface area contributed by atoms with Gasteiger partial charge in [-0.2, -0.15) is 0 Å². The van der Waals surface area contributed by atoms with Crippen molar-refractivity contribution in [2.45, 2.75) is 13.5 Å². The minimum absolute atomic E-state index is 0.324. The van der Waals surface area contributed by atoms with Crippen LogP contribution in [0.2, 0.25) is 0 Å². The number of halogens is 1. The van der Waals surface area contributed by atoms with Gasteiger partial charge in [0, 0.05) is 17.8 Å². The molecule has 110 valence electrons. The van der Waals surface area contributed by atoms with Gasteiger partial charge in [-0.1, -0.05) is 24.3 Å². The number of amides is 2. The first-order valence-corrected chi connectivity index (χ1v) is 6.53. The molecule has 21 heavy (non-hydrogen) atoms. The number of nitrogens with one attached hydrogen (secondary N) is 2. The van der Waals surface area contributed by atoms with Crippen molar-refractivity contribution in [1.29, 1.82) is 0 Å². The minimum atomic E-state index is -0.399. The number of para-hydroxylation sites is 1. The third-order valence-corrected chi connectivity index (χ3v) is 3.06. The van der Waals surface area contributed by atoms with E-state index in [4.69, 9.17) is 4.74 Å². The van der Waals surface area contributed by atoms with E-state index in [1.807, 2.05) is 24.3 Å². The predicted octanol–water partition coefficient (Wildman–Crippen LogP) is 3.46. The molecule has 0 atom stereocenters. The molecule has 0 aliphatic rings. The average molecular weight is 288 g/mol. The van der Waals surface area contributed by atoms with Gasteiger partial charge in [-0.05, 0) is 30.7 Å². The van der Waals surface area contributed by atoms with Crippen LogP contribution in [0, 0.1) is 12.7 Å². The van der Waals surface area contributed by atoms with Gasteiger partial charge in [0.2, 0.25) is 0 Å². The number of carbonyl (C=O) groups excluding carboxylic acids is 1. The van der Waals surface area contributed by atoms with Gasteiger partial charge in [-0.25, -0.2) is 9.18 Å². The van der Waals surface area contributed by atoms with Crippen LogP contribution in [0.25, 0.3) is 0 Å². The smallest absolute Gasteiger partial charge is 0.319 e. The Kier molecular flexibility index (Phi) is 4.77. The largest absolute Gasteiger partial charge is 0.496 e. The first-order chi connectivity index (χ1) is 10.1. The lowest BCUT2D eigenvalue weighted by atomic mass is 10.2. The second-order valence-corrected chi connectivity index (χ2v) is 4.58. The van der Waals surface area contributed by atoms with Crippen LogP contribution >= 0.6 is 0 Å². The van der Waals surface area contributed by atoms with Crippen LogP contribution in [-0.4, -0.2) is 13.1 Å². The van der Waals surface area contributed by atoms with Gasteiger partial charge in [0.05, 0.1) is 7.11 Å². The van der Waals surface area contributed by atoms with Crippen molar-refractivity contribution in [3.63, 3.8) is 0 Å². The summed E-state index contributed by atoms with van der Waals surface area (Å²) < 4.78 is 18.6. The molecule has 2 aromatic rings. The highest BCUT2D eigenvalue weighted by Gasteiger charge is 2.06. The highest BCUT2D eigenvalue weighted by atomic mass is 19.1. The van der Waals surface area contributed by atoms with Gasteiger partial charge in [0.1, 0.15) is 11.6 Å². The molecule has 0 saturated heterocycles. The number of hydrogen-bond donors (Lipinski definition) is 2. The molecule has 0 aliphatic heterocycles. The van der Waals surface area contributed by atoms with Crippen LogP contribution in [0.15, 0.2) is 42.5 Å². The molecule has 0 aliphatic carbocycles. The first-order valence-electron chi connectivity index (χ1n) is 6.53. The van der Waals surface area contributed by atoms with E-state index < -0.39 is 6.03 Å². The lowest BCUT2D eigenvalue weighted by molar-refractivity contribution is 0.251. The topological polar surface area (TPSA) is 50.4 Å². The third-order valence-electron chi connectivity index (χ3n) is 3.06. The predicted molar refractivity (Wildman–Crippen MR) is 80.0 cm³/mol. The highest BCUT2D eigenvalue weighted by Crippen LogP contribution is 2.17. The second kappa shape index (κ2) is 6.74. The van der Waals surface area contributed by atoms with Gasteiger partial charge in [0.15, 0.2) is 0 Å². The Hall–Kier alpha value is -2.56. The van der Waals surface area contributed by atoms with Crippen LogP contribution in [0.1, 0.15) is 11.1 Å². The molecule has 2 aromatic carbocycles. The maximum absolute atomic E-state index is 13.4. The number of aryl methyl sites for hydroxylation is 1. The number of urea groups is 1. The zero-order valence-corrected chi connectivity index (χ0v) is 11.9. The molecule has 0 saturated carbocycles. The number of carbonyl (C=O) groups is 1. The summed E-state index contributed by atoms with van der Waals surface area (Å²) >= 11 is 0. The molecule has 5 heteroatoms. The summed E-state index contributed by atoms with van der Waals surface area (Å²) in [6.07, 6.45) is 0. The van der Waals surface area contributed by atoms with E-state index in [-0.39, 0.29) is 5.82 Å². The van der Waals surface area contributed by atoms with E-state index in [0.29, 0.717) is 23.5 Å². The molecule has 0 heterocycles. The molecule has 2 rings (SSSR count). The molecule has 0 fully saturated rings. The van der Waals surface area contributed by atoms with Crippen LogP contribution in [0.5, 0.6) is 5.75 Å². The number of rotatable bonds is 4. The molecule has 0 bridgehead atoms. The average Bonchev–Trinajstić information content (AvgIpc) is 2.49. The maximum Gasteiger partial charge on any atom is 0.319 e. The third kappa shape index (κ3) is 3.95. The Morgan fingerprint density at radius 3 is 2.71 bits per heavy atom. The van der Waals surface area contributed by atoms with Crippen molar-refractivity contribution in [2.75, 3.05) is 12.4 Å². The fourth-order valence-corrected chi connectivity index (χ4v) is 1.87. The van der Waals surface area contributed by atoms with Crippen molar-refractivity contribution in [3.05, 3.63) is 59.4 Å². The monoisotopic (exact) mass is 288 g/mol. The molecular weight excluding hydrogens is 271 g/mol. The van der Waals surface area contributed by atoms with Crippen LogP contribution in [0.4, 0.5) is 14.9 Å². The van der Waals surface area contributed by atoms with Gasteiger partial charge < -0.3 is 15.4 Å². The maximum atomic E-state index is 13.4. The Morgan fingerprint density at radius 2 is 2.00 bits per heavy atom. The molecule has 0 aromatic heterocycles. The zero-order chi connectivity index (χ0) is 15.2. The van der Waals surface area contributed by atoms with Crippen LogP contribution in [-0.2, 0) is 6.54 Å². The number of hydrogen-bond acceptors (Lipinski definition) is 2. The number of benzene rings is 2. The number of anilines is 1. The zero-order valence-electron chi connectivity index (χ0n) is 11.9. The van der Waals surface area contributed by atoms with Crippen molar-refractivity contribution in [3.8, 4) is 5.75 Å².